The minimum absolute atomic E-state index is 0.223. The number of halogens is 4. The molecule has 2 fully saturated rings. The molecule has 2 heterocycles. The van der Waals surface area contributed by atoms with E-state index in [4.69, 9.17) is 55.9 Å². The number of esters is 2. The molecule has 2 aliphatic rings. The fraction of sp³-hybridized carbons (Fsp3) is 0.412. The molecule has 2 aromatic rings. The molecule has 8 nitrogen and oxygen atoms in total. The minimum atomic E-state index is -0.324. The average Bonchev–Trinajstić information content (AvgIpc) is 3.08. The van der Waals surface area contributed by atoms with Crippen LogP contribution < -0.4 is 0 Å². The highest BCUT2D eigenvalue weighted by Crippen LogP contribution is 2.44. The number of carbonyl (C=O) groups excluding carboxylic acids is 4. The van der Waals surface area contributed by atoms with Crippen LogP contribution >= 0.6 is 58.2 Å². The summed E-state index contributed by atoms with van der Waals surface area (Å²) in [5, 5.41) is 1.12. The van der Waals surface area contributed by atoms with Crippen LogP contribution in [0.1, 0.15) is 50.7 Å². The van der Waals surface area contributed by atoms with Gasteiger partial charge in [0.25, 0.3) is 0 Å². The summed E-state index contributed by atoms with van der Waals surface area (Å²) < 4.78 is 10.2. The van der Waals surface area contributed by atoms with Gasteiger partial charge in [-0.15, -0.1) is 0 Å². The van der Waals surface area contributed by atoms with E-state index in [2.05, 4.69) is 0 Å². The summed E-state index contributed by atoms with van der Waals surface area (Å²) in [6, 6.07) is 7.06. The van der Waals surface area contributed by atoms with E-state index >= 15 is 0 Å². The summed E-state index contributed by atoms with van der Waals surface area (Å²) in [6.45, 7) is 5.89. The van der Waals surface area contributed by atoms with Crippen LogP contribution in [-0.4, -0.2) is 72.9 Å². The van der Waals surface area contributed by atoms with Gasteiger partial charge in [-0.1, -0.05) is 70.3 Å². The average molecular weight is 743 g/mol. The topological polar surface area (TPSA) is 93.2 Å². The second kappa shape index (κ2) is 17.6. The minimum Gasteiger partial charge on any atom is -0.466 e. The Morgan fingerprint density at radius 3 is 1.49 bits per heavy atom. The van der Waals surface area contributed by atoms with Crippen molar-refractivity contribution < 1.29 is 28.7 Å². The Balaban J connectivity index is 1.40. The second-order valence-electron chi connectivity index (χ2n) is 11.1. The summed E-state index contributed by atoms with van der Waals surface area (Å²) in [6.07, 6.45) is 8.89. The van der Waals surface area contributed by atoms with Gasteiger partial charge < -0.3 is 19.3 Å². The molecule has 0 aliphatic carbocycles. The molecule has 2 amide bonds. The molecule has 2 aliphatic heterocycles. The van der Waals surface area contributed by atoms with E-state index in [-0.39, 0.29) is 55.7 Å². The summed E-state index contributed by atoms with van der Waals surface area (Å²) >= 11 is 27.7. The van der Waals surface area contributed by atoms with Crippen molar-refractivity contribution in [3.63, 3.8) is 0 Å². The number of amides is 2. The molecular formula is C34H36Cl4N2O6S. The van der Waals surface area contributed by atoms with Crippen molar-refractivity contribution in [2.24, 2.45) is 11.8 Å². The van der Waals surface area contributed by atoms with E-state index in [1.807, 2.05) is 0 Å². The van der Waals surface area contributed by atoms with E-state index in [9.17, 15) is 19.2 Å². The van der Waals surface area contributed by atoms with Gasteiger partial charge in [0.15, 0.2) is 0 Å². The van der Waals surface area contributed by atoms with Crippen LogP contribution in [0.4, 0.5) is 0 Å². The fourth-order valence-corrected chi connectivity index (χ4v) is 7.46. The summed E-state index contributed by atoms with van der Waals surface area (Å²) in [4.78, 5) is 54.5. The Labute approximate surface area is 299 Å². The first kappa shape index (κ1) is 37.1. The van der Waals surface area contributed by atoms with Gasteiger partial charge in [-0.3, -0.25) is 19.2 Å². The second-order valence-corrected chi connectivity index (χ2v) is 13.7. The Morgan fingerprint density at radius 2 is 1.11 bits per heavy atom. The quantitative estimate of drug-likeness (QED) is 0.180. The van der Waals surface area contributed by atoms with E-state index < -0.39 is 0 Å². The first-order chi connectivity index (χ1) is 22.5. The first-order valence-electron chi connectivity index (χ1n) is 15.4. The maximum Gasteiger partial charge on any atom is 0.310 e. The van der Waals surface area contributed by atoms with Gasteiger partial charge in [0.05, 0.1) is 45.1 Å². The van der Waals surface area contributed by atoms with Gasteiger partial charge >= 0.3 is 11.9 Å². The van der Waals surface area contributed by atoms with Crippen molar-refractivity contribution in [2.75, 3.05) is 39.4 Å². The van der Waals surface area contributed by atoms with E-state index in [1.165, 1.54) is 23.9 Å². The molecule has 47 heavy (non-hydrogen) atoms. The van der Waals surface area contributed by atoms with Gasteiger partial charge in [-0.05, 0) is 74.9 Å². The molecule has 0 radical (unpaired) electrons. The lowest BCUT2D eigenvalue weighted by Crippen LogP contribution is -2.42. The van der Waals surface area contributed by atoms with Gasteiger partial charge in [-0.25, -0.2) is 0 Å². The third-order valence-electron chi connectivity index (χ3n) is 7.89. The highest BCUT2D eigenvalue weighted by Gasteiger charge is 2.29. The summed E-state index contributed by atoms with van der Waals surface area (Å²) in [5.74, 6) is -1.65. The lowest BCUT2D eigenvalue weighted by atomic mass is 9.98. The first-order valence-corrected chi connectivity index (χ1v) is 17.8. The zero-order chi connectivity index (χ0) is 34.1. The third-order valence-corrected chi connectivity index (χ3v) is 11.0. The van der Waals surface area contributed by atoms with Crippen molar-refractivity contribution in [1.29, 1.82) is 0 Å². The van der Waals surface area contributed by atoms with Gasteiger partial charge in [0, 0.05) is 48.1 Å². The van der Waals surface area contributed by atoms with Crippen LogP contribution in [0.15, 0.2) is 46.2 Å². The molecule has 2 saturated heterocycles. The van der Waals surface area contributed by atoms with Crippen molar-refractivity contribution >= 4 is 94.1 Å². The van der Waals surface area contributed by atoms with Crippen LogP contribution in [-0.2, 0) is 28.7 Å². The Hall–Kier alpha value is -2.69. The predicted molar refractivity (Wildman–Crippen MR) is 187 cm³/mol. The molecule has 0 bridgehead atoms. The fourth-order valence-electron chi connectivity index (χ4n) is 5.42. The number of hydrogen-bond donors (Lipinski definition) is 0. The predicted octanol–water partition coefficient (Wildman–Crippen LogP) is 8.08. The van der Waals surface area contributed by atoms with Crippen molar-refractivity contribution in [3.8, 4) is 0 Å². The zero-order valence-corrected chi connectivity index (χ0v) is 29.9. The number of carbonyl (C=O) groups is 4. The zero-order valence-electron chi connectivity index (χ0n) is 26.1. The molecule has 4 rings (SSSR count). The normalized spacial score (nSPS) is 18.5. The van der Waals surface area contributed by atoms with Crippen LogP contribution in [0.2, 0.25) is 20.1 Å². The number of benzene rings is 2. The molecule has 13 heteroatoms. The number of rotatable bonds is 10. The number of hydrogen-bond acceptors (Lipinski definition) is 7. The Kier molecular flexibility index (Phi) is 13.9. The third kappa shape index (κ3) is 9.70. The SMILES string of the molecule is CCOC(=O)C1CCCN(C(=O)/C=C/c2ccc(Sc3ccc(/C=C/C(=O)N4CCCC(C(=O)OCC)C4)c(Cl)c3Cl)c(Cl)c2Cl)C1. The van der Waals surface area contributed by atoms with Crippen LogP contribution in [0.5, 0.6) is 0 Å². The van der Waals surface area contributed by atoms with E-state index in [0.29, 0.717) is 73.2 Å². The summed E-state index contributed by atoms with van der Waals surface area (Å²) in [7, 11) is 0. The largest absolute Gasteiger partial charge is 0.466 e. The number of nitrogens with zero attached hydrogens (tertiary/aromatic N) is 2. The molecule has 0 spiro atoms. The number of ether oxygens (including phenoxy) is 2. The highest BCUT2D eigenvalue weighted by molar-refractivity contribution is 7.99. The molecule has 0 N–H and O–H groups in total. The number of piperidine rings is 2. The van der Waals surface area contributed by atoms with Crippen LogP contribution in [0.3, 0.4) is 0 Å². The van der Waals surface area contributed by atoms with Crippen molar-refractivity contribution in [3.05, 3.63) is 67.6 Å². The Bertz CT molecular complexity index is 1450. The van der Waals surface area contributed by atoms with E-state index in [0.717, 1.165) is 12.8 Å². The standard InChI is InChI=1S/C34H36Cl4N2O6S/c1-3-45-33(43)23-7-5-17-39(19-23)27(41)15-11-21-9-13-25(31(37)29(21)35)47-26-14-10-22(30(36)32(26)38)12-16-28(42)40-18-6-8-24(20-40)34(44)46-4-2/h9-16,23-24H,3-8,17-20H2,1-2H3/b15-11+,16-12+. The van der Waals surface area contributed by atoms with E-state index in [1.54, 1.807) is 60.1 Å². The monoisotopic (exact) mass is 740 g/mol. The van der Waals surface area contributed by atoms with Gasteiger partial charge in [0.1, 0.15) is 0 Å². The molecule has 252 valence electrons. The van der Waals surface area contributed by atoms with Crippen LogP contribution in [0.25, 0.3) is 12.2 Å². The summed E-state index contributed by atoms with van der Waals surface area (Å²) in [5.41, 5.74) is 1.12. The van der Waals surface area contributed by atoms with Crippen LogP contribution in [0, 0.1) is 11.8 Å². The number of likely N-dealkylation sites (tertiary alicyclic amines) is 2. The van der Waals surface area contributed by atoms with Crippen molar-refractivity contribution in [2.45, 2.75) is 49.3 Å². The molecule has 0 saturated carbocycles. The molecule has 2 unspecified atom stereocenters. The molecule has 2 atom stereocenters. The lowest BCUT2D eigenvalue weighted by molar-refractivity contribution is -0.152. The van der Waals surface area contributed by atoms with Gasteiger partial charge in [-0.2, -0.15) is 0 Å². The molecule has 2 aromatic carbocycles. The lowest BCUT2D eigenvalue weighted by Gasteiger charge is -2.30. The Morgan fingerprint density at radius 1 is 0.702 bits per heavy atom. The highest BCUT2D eigenvalue weighted by atomic mass is 35.5. The maximum atomic E-state index is 12.9. The molecule has 0 aromatic heterocycles. The maximum absolute atomic E-state index is 12.9. The van der Waals surface area contributed by atoms with Gasteiger partial charge in [0.2, 0.25) is 11.8 Å². The van der Waals surface area contributed by atoms with Crippen molar-refractivity contribution in [1.82, 2.24) is 9.80 Å². The smallest absolute Gasteiger partial charge is 0.310 e. The molecular weight excluding hydrogens is 706 g/mol.